The second kappa shape index (κ2) is 9.71. The summed E-state index contributed by atoms with van der Waals surface area (Å²) < 4.78 is 38.3. The number of pyridine rings is 3. The number of nitrogens with one attached hydrogen (secondary N) is 2. The fourth-order valence-corrected chi connectivity index (χ4v) is 6.75. The number of rotatable bonds is 5. The molecule has 43 heavy (non-hydrogen) atoms. The van der Waals surface area contributed by atoms with Crippen LogP contribution in [0.5, 0.6) is 0 Å². The van der Waals surface area contributed by atoms with Gasteiger partial charge in [0.15, 0.2) is 11.6 Å². The standard InChI is InChI=1S/C30H29F2N7O4/c1-33-19-6-18(31)24(32)22-23-26(39-10-16-20(37(2)3)12-43-21(16)11-39)15(8-34-28(23)36-25(19)22)13-5-14-27(40)17(30(41)42)9-38(4)29(14)35-7-13/h5-9,16,20-21,33H,10-12H2,1-4H3,(H,34,36)(H,41,42)/t16-,20?,21-/m0/s1. The second-order valence-corrected chi connectivity index (χ2v) is 11.4. The van der Waals surface area contributed by atoms with Crippen molar-refractivity contribution in [3.05, 3.63) is 58.1 Å². The largest absolute Gasteiger partial charge is 0.477 e. The van der Waals surface area contributed by atoms with Gasteiger partial charge in [0.1, 0.15) is 16.9 Å². The van der Waals surface area contributed by atoms with E-state index >= 15 is 4.39 Å². The lowest BCUT2D eigenvalue weighted by Gasteiger charge is -2.27. The summed E-state index contributed by atoms with van der Waals surface area (Å²) in [6.45, 7) is 1.71. The van der Waals surface area contributed by atoms with E-state index in [0.29, 0.717) is 64.4 Å². The van der Waals surface area contributed by atoms with Gasteiger partial charge in [0.05, 0.1) is 45.8 Å². The van der Waals surface area contributed by atoms with Crippen molar-refractivity contribution in [1.29, 1.82) is 0 Å². The molecule has 1 unspecified atom stereocenters. The fourth-order valence-electron chi connectivity index (χ4n) is 6.75. The molecule has 3 atom stereocenters. The van der Waals surface area contributed by atoms with E-state index in [1.807, 2.05) is 14.1 Å². The number of nitrogens with zero attached hydrogens (tertiary/aromatic N) is 5. The summed E-state index contributed by atoms with van der Waals surface area (Å²) in [5, 5.41) is 13.1. The third kappa shape index (κ3) is 3.98. The molecule has 11 nitrogen and oxygen atoms in total. The number of carbonyl (C=O) groups is 1. The number of H-pyrrole nitrogens is 1. The molecule has 0 aliphatic carbocycles. The highest BCUT2D eigenvalue weighted by Crippen LogP contribution is 2.46. The molecule has 2 aliphatic rings. The first kappa shape index (κ1) is 27.2. The molecule has 3 N–H and O–H groups in total. The molecule has 0 amide bonds. The number of aromatic nitrogens is 4. The Morgan fingerprint density at radius 2 is 1.98 bits per heavy atom. The Balaban J connectivity index is 1.53. The number of benzene rings is 1. The highest BCUT2D eigenvalue weighted by atomic mass is 19.2. The molecule has 222 valence electrons. The van der Waals surface area contributed by atoms with E-state index in [0.717, 1.165) is 6.07 Å². The molecule has 7 rings (SSSR count). The van der Waals surface area contributed by atoms with Gasteiger partial charge in [-0.2, -0.15) is 0 Å². The number of ether oxygens (including phenoxy) is 1. The first-order chi connectivity index (χ1) is 20.6. The topological polar surface area (TPSA) is 129 Å². The minimum absolute atomic E-state index is 0.0589. The zero-order chi connectivity index (χ0) is 30.3. The van der Waals surface area contributed by atoms with E-state index in [2.05, 4.69) is 30.1 Å². The average molecular weight is 590 g/mol. The summed E-state index contributed by atoms with van der Waals surface area (Å²) in [6, 6.07) is 2.88. The van der Waals surface area contributed by atoms with E-state index in [4.69, 9.17) is 4.74 Å². The summed E-state index contributed by atoms with van der Waals surface area (Å²) in [7, 11) is 7.27. The number of aryl methyl sites for hydroxylation is 1. The van der Waals surface area contributed by atoms with Gasteiger partial charge in [-0.25, -0.2) is 23.5 Å². The molecular formula is C30H29F2N7O4. The summed E-state index contributed by atoms with van der Waals surface area (Å²) in [5.41, 5.74) is 2.02. The number of halogens is 2. The van der Waals surface area contributed by atoms with Crippen LogP contribution in [0.3, 0.4) is 0 Å². The van der Waals surface area contributed by atoms with Gasteiger partial charge in [-0.15, -0.1) is 0 Å². The maximum Gasteiger partial charge on any atom is 0.341 e. The molecule has 6 heterocycles. The van der Waals surface area contributed by atoms with Gasteiger partial charge in [0.25, 0.3) is 0 Å². The van der Waals surface area contributed by atoms with E-state index in [1.54, 1.807) is 32.6 Å². The number of aromatic carboxylic acids is 1. The summed E-state index contributed by atoms with van der Waals surface area (Å²) in [4.78, 5) is 41.5. The number of aromatic amines is 1. The number of fused-ring (bicyclic) bond motifs is 5. The van der Waals surface area contributed by atoms with Crippen LogP contribution in [0.15, 0.2) is 35.5 Å². The van der Waals surface area contributed by atoms with Crippen LogP contribution in [-0.4, -0.2) is 88.5 Å². The first-order valence-corrected chi connectivity index (χ1v) is 13.8. The Morgan fingerprint density at radius 1 is 1.19 bits per heavy atom. The predicted molar refractivity (Wildman–Crippen MR) is 159 cm³/mol. The lowest BCUT2D eigenvalue weighted by molar-refractivity contribution is 0.0695. The molecule has 4 aromatic heterocycles. The summed E-state index contributed by atoms with van der Waals surface area (Å²) in [5.74, 6) is -3.17. The van der Waals surface area contributed by atoms with Crippen LogP contribution in [0.1, 0.15) is 10.4 Å². The lowest BCUT2D eigenvalue weighted by Crippen LogP contribution is -2.37. The normalized spacial score (nSPS) is 20.2. The smallest absolute Gasteiger partial charge is 0.341 e. The molecule has 2 saturated heterocycles. The minimum Gasteiger partial charge on any atom is -0.477 e. The number of likely N-dealkylation sites (N-methyl/N-ethyl adjacent to an activating group) is 1. The Kier molecular flexibility index (Phi) is 6.15. The van der Waals surface area contributed by atoms with Gasteiger partial charge >= 0.3 is 5.97 Å². The van der Waals surface area contributed by atoms with Crippen LogP contribution in [-0.2, 0) is 11.8 Å². The van der Waals surface area contributed by atoms with Gasteiger partial charge in [0, 0.05) is 74.9 Å². The summed E-state index contributed by atoms with van der Waals surface area (Å²) in [6.07, 6.45) is 4.37. The van der Waals surface area contributed by atoms with Crippen LogP contribution < -0.4 is 15.6 Å². The van der Waals surface area contributed by atoms with Crippen molar-refractivity contribution in [3.8, 4) is 11.1 Å². The molecule has 2 fully saturated rings. The molecule has 13 heteroatoms. The van der Waals surface area contributed by atoms with Crippen molar-refractivity contribution >= 4 is 50.3 Å². The number of anilines is 2. The Morgan fingerprint density at radius 3 is 2.70 bits per heavy atom. The van der Waals surface area contributed by atoms with Crippen molar-refractivity contribution in [2.75, 3.05) is 51.1 Å². The minimum atomic E-state index is -1.34. The van der Waals surface area contributed by atoms with E-state index in [1.165, 1.54) is 10.8 Å². The highest BCUT2D eigenvalue weighted by Gasteiger charge is 2.45. The van der Waals surface area contributed by atoms with E-state index in [9.17, 15) is 19.1 Å². The Bertz CT molecular complexity index is 2040. The van der Waals surface area contributed by atoms with Gasteiger partial charge in [-0.1, -0.05) is 0 Å². The fraction of sp³-hybridized carbons (Fsp3) is 0.333. The Hall–Kier alpha value is -4.62. The van der Waals surface area contributed by atoms with Crippen molar-refractivity contribution in [1.82, 2.24) is 24.4 Å². The number of carboxylic acids is 1. The quantitative estimate of drug-likeness (QED) is 0.283. The number of hydrogen-bond acceptors (Lipinski definition) is 8. The highest BCUT2D eigenvalue weighted by molar-refractivity contribution is 6.18. The first-order valence-electron chi connectivity index (χ1n) is 13.8. The summed E-state index contributed by atoms with van der Waals surface area (Å²) >= 11 is 0. The number of hydrogen-bond donors (Lipinski definition) is 3. The second-order valence-electron chi connectivity index (χ2n) is 11.4. The lowest BCUT2D eigenvalue weighted by atomic mass is 9.99. The van der Waals surface area contributed by atoms with Gasteiger partial charge in [0.2, 0.25) is 5.43 Å². The molecule has 2 aliphatic heterocycles. The molecule has 0 bridgehead atoms. The maximum absolute atomic E-state index is 15.7. The van der Waals surface area contributed by atoms with Gasteiger partial charge < -0.3 is 34.5 Å². The zero-order valence-electron chi connectivity index (χ0n) is 23.9. The van der Waals surface area contributed by atoms with Crippen molar-refractivity contribution in [2.24, 2.45) is 13.0 Å². The van der Waals surface area contributed by atoms with Crippen LogP contribution in [0, 0.1) is 17.6 Å². The third-order valence-corrected chi connectivity index (χ3v) is 8.85. The average Bonchev–Trinajstić information content (AvgIpc) is 3.68. The molecule has 0 saturated carbocycles. The molecular weight excluding hydrogens is 560 g/mol. The zero-order valence-corrected chi connectivity index (χ0v) is 23.9. The Labute approximate surface area is 243 Å². The van der Waals surface area contributed by atoms with Crippen molar-refractivity contribution in [2.45, 2.75) is 12.1 Å². The number of carboxylic acid groups (broad SMARTS) is 1. The van der Waals surface area contributed by atoms with E-state index < -0.39 is 23.0 Å². The van der Waals surface area contributed by atoms with Crippen LogP contribution >= 0.6 is 0 Å². The van der Waals surface area contributed by atoms with E-state index in [-0.39, 0.29) is 34.4 Å². The molecule has 1 aromatic carbocycles. The maximum atomic E-state index is 15.7. The molecule has 0 radical (unpaired) electrons. The molecule has 0 spiro atoms. The van der Waals surface area contributed by atoms with Crippen LogP contribution in [0.4, 0.5) is 20.2 Å². The van der Waals surface area contributed by atoms with Gasteiger partial charge in [-0.05, 0) is 20.2 Å². The monoisotopic (exact) mass is 589 g/mol. The SMILES string of the molecule is CNc1cc(F)c(F)c2c1[nH]c1ncc(-c3cnc4c(c3)c(=O)c(C(=O)O)cn4C)c(N3C[C@@H]4OCC(N(C)C)[C@@H]4C3)c12. The molecule has 5 aromatic rings. The van der Waals surface area contributed by atoms with Crippen LogP contribution in [0.2, 0.25) is 0 Å². The predicted octanol–water partition coefficient (Wildman–Crippen LogP) is 3.41. The van der Waals surface area contributed by atoms with Crippen molar-refractivity contribution < 1.29 is 23.4 Å². The third-order valence-electron chi connectivity index (χ3n) is 8.85. The van der Waals surface area contributed by atoms with Gasteiger partial charge in [-0.3, -0.25) is 4.79 Å². The van der Waals surface area contributed by atoms with Crippen LogP contribution in [0.25, 0.3) is 44.1 Å². The van der Waals surface area contributed by atoms with Crippen molar-refractivity contribution in [3.63, 3.8) is 0 Å².